The number of aryl methyl sites for hydroxylation is 1. The van der Waals surface area contributed by atoms with Gasteiger partial charge in [-0.3, -0.25) is 0 Å². The third kappa shape index (κ3) is 6.17. The molecular weight excluding hydrogens is 252 g/mol. The molecule has 0 aliphatic heterocycles. The zero-order valence-electron chi connectivity index (χ0n) is 13.1. The number of benzene rings is 1. The van der Waals surface area contributed by atoms with E-state index in [2.05, 4.69) is 31.2 Å². The first kappa shape index (κ1) is 16.7. The van der Waals surface area contributed by atoms with E-state index in [1.54, 1.807) is 0 Å². The summed E-state index contributed by atoms with van der Waals surface area (Å²) < 4.78 is 0. The fourth-order valence-corrected chi connectivity index (χ4v) is 1.73. The number of oxime groups is 1. The summed E-state index contributed by atoms with van der Waals surface area (Å²) in [7, 11) is 0. The van der Waals surface area contributed by atoms with Crippen molar-refractivity contribution < 1.29 is 9.94 Å². The van der Waals surface area contributed by atoms with Gasteiger partial charge in [0.25, 0.3) is 0 Å². The Labute approximate surface area is 121 Å². The third-order valence-corrected chi connectivity index (χ3v) is 2.87. The Balaban J connectivity index is 2.43. The van der Waals surface area contributed by atoms with Crippen LogP contribution in [-0.4, -0.2) is 35.6 Å². The molecule has 4 heteroatoms. The van der Waals surface area contributed by atoms with Crippen molar-refractivity contribution in [2.75, 3.05) is 13.2 Å². The lowest BCUT2D eigenvalue weighted by molar-refractivity contribution is 0.0373. The van der Waals surface area contributed by atoms with E-state index in [1.165, 1.54) is 0 Å². The maximum atomic E-state index is 9.79. The van der Waals surface area contributed by atoms with Gasteiger partial charge in [-0.25, -0.2) is 0 Å². The molecule has 4 nitrogen and oxygen atoms in total. The van der Waals surface area contributed by atoms with E-state index in [1.807, 2.05) is 38.1 Å². The van der Waals surface area contributed by atoms with Gasteiger partial charge in [-0.05, 0) is 40.2 Å². The second kappa shape index (κ2) is 7.41. The van der Waals surface area contributed by atoms with Crippen molar-refractivity contribution >= 4 is 5.71 Å². The van der Waals surface area contributed by atoms with Crippen molar-refractivity contribution in [3.05, 3.63) is 35.4 Å². The standard InChI is InChI=1S/C16H26N2O2/c1-12-8-6-7-9-15(12)13(2)18-20-11-14(19)10-17-16(3,4)5/h6-9,14,17,19H,10-11H2,1-5H3/b18-13+. The van der Waals surface area contributed by atoms with Crippen LogP contribution in [0, 0.1) is 6.92 Å². The Morgan fingerprint density at radius 2 is 2.00 bits per heavy atom. The molecule has 0 bridgehead atoms. The van der Waals surface area contributed by atoms with Crippen molar-refractivity contribution in [1.29, 1.82) is 0 Å². The van der Waals surface area contributed by atoms with Crippen LogP contribution >= 0.6 is 0 Å². The largest absolute Gasteiger partial charge is 0.393 e. The summed E-state index contributed by atoms with van der Waals surface area (Å²) in [6.07, 6.45) is -0.567. The smallest absolute Gasteiger partial charge is 0.144 e. The molecule has 1 aromatic rings. The van der Waals surface area contributed by atoms with Gasteiger partial charge in [0.15, 0.2) is 0 Å². The lowest BCUT2D eigenvalue weighted by atomic mass is 10.1. The number of aliphatic hydroxyl groups is 1. The Kier molecular flexibility index (Phi) is 6.17. The molecular formula is C16H26N2O2. The zero-order chi connectivity index (χ0) is 15.2. The van der Waals surface area contributed by atoms with Crippen LogP contribution in [-0.2, 0) is 4.84 Å². The fraction of sp³-hybridized carbons (Fsp3) is 0.562. The molecule has 0 radical (unpaired) electrons. The molecule has 0 fully saturated rings. The minimum atomic E-state index is -0.567. The Hall–Kier alpha value is -1.39. The summed E-state index contributed by atoms with van der Waals surface area (Å²) in [5.74, 6) is 0. The molecule has 1 aromatic carbocycles. The van der Waals surface area contributed by atoms with E-state index in [9.17, 15) is 5.11 Å². The van der Waals surface area contributed by atoms with Crippen molar-refractivity contribution in [2.24, 2.45) is 5.16 Å². The van der Waals surface area contributed by atoms with E-state index in [0.29, 0.717) is 6.54 Å². The summed E-state index contributed by atoms with van der Waals surface area (Å²) in [6.45, 7) is 10.8. The molecule has 2 N–H and O–H groups in total. The first-order valence-electron chi connectivity index (χ1n) is 6.95. The van der Waals surface area contributed by atoms with Crippen LogP contribution in [0.4, 0.5) is 0 Å². The van der Waals surface area contributed by atoms with E-state index >= 15 is 0 Å². The highest BCUT2D eigenvalue weighted by molar-refractivity contribution is 5.99. The number of nitrogens with one attached hydrogen (secondary N) is 1. The first-order valence-corrected chi connectivity index (χ1v) is 6.95. The molecule has 0 amide bonds. The van der Waals surface area contributed by atoms with Crippen LogP contribution in [0.1, 0.15) is 38.8 Å². The highest BCUT2D eigenvalue weighted by atomic mass is 16.6. The molecule has 0 aliphatic carbocycles. The van der Waals surface area contributed by atoms with Crippen LogP contribution in [0.3, 0.4) is 0 Å². The second-order valence-corrected chi connectivity index (χ2v) is 6.07. The Bertz CT molecular complexity index is 450. The van der Waals surface area contributed by atoms with Gasteiger partial charge in [0.05, 0.1) is 5.71 Å². The fourth-order valence-electron chi connectivity index (χ4n) is 1.73. The molecule has 0 spiro atoms. The second-order valence-electron chi connectivity index (χ2n) is 6.07. The highest BCUT2D eigenvalue weighted by Gasteiger charge is 2.12. The number of nitrogens with zero attached hydrogens (tertiary/aromatic N) is 1. The van der Waals surface area contributed by atoms with Crippen molar-refractivity contribution in [3.63, 3.8) is 0 Å². The summed E-state index contributed by atoms with van der Waals surface area (Å²) in [5, 5.41) is 17.1. The summed E-state index contributed by atoms with van der Waals surface area (Å²) in [4.78, 5) is 5.23. The number of aliphatic hydroxyl groups excluding tert-OH is 1. The maximum Gasteiger partial charge on any atom is 0.144 e. The molecule has 112 valence electrons. The minimum Gasteiger partial charge on any atom is -0.393 e. The number of β-amino-alcohol motifs (C(OH)–C–C–N with tert-alkyl or cyclic N) is 1. The van der Waals surface area contributed by atoms with E-state index < -0.39 is 6.10 Å². The lowest BCUT2D eigenvalue weighted by Gasteiger charge is -2.22. The molecule has 1 unspecified atom stereocenters. The topological polar surface area (TPSA) is 53.9 Å². The van der Waals surface area contributed by atoms with Gasteiger partial charge in [0, 0.05) is 17.6 Å². The number of hydrogen-bond acceptors (Lipinski definition) is 4. The molecule has 0 aromatic heterocycles. The first-order chi connectivity index (χ1) is 9.29. The van der Waals surface area contributed by atoms with Crippen LogP contribution in [0.25, 0.3) is 0 Å². The average Bonchev–Trinajstić information content (AvgIpc) is 2.36. The number of hydrogen-bond donors (Lipinski definition) is 2. The van der Waals surface area contributed by atoms with Crippen LogP contribution in [0.5, 0.6) is 0 Å². The van der Waals surface area contributed by atoms with Crippen molar-refractivity contribution in [1.82, 2.24) is 5.32 Å². The summed E-state index contributed by atoms with van der Waals surface area (Å²) in [6, 6.07) is 8.02. The maximum absolute atomic E-state index is 9.79. The molecule has 0 saturated carbocycles. The predicted octanol–water partition coefficient (Wildman–Crippen LogP) is 2.48. The molecule has 1 rings (SSSR count). The van der Waals surface area contributed by atoms with Crippen LogP contribution in [0.15, 0.2) is 29.4 Å². The predicted molar refractivity (Wildman–Crippen MR) is 83.1 cm³/mol. The highest BCUT2D eigenvalue weighted by Crippen LogP contribution is 2.08. The Morgan fingerprint density at radius 3 is 2.60 bits per heavy atom. The van der Waals surface area contributed by atoms with Crippen molar-refractivity contribution in [2.45, 2.75) is 46.3 Å². The van der Waals surface area contributed by atoms with E-state index in [0.717, 1.165) is 16.8 Å². The molecule has 0 aliphatic rings. The van der Waals surface area contributed by atoms with Crippen LogP contribution < -0.4 is 5.32 Å². The molecule has 20 heavy (non-hydrogen) atoms. The third-order valence-electron chi connectivity index (χ3n) is 2.87. The quantitative estimate of drug-likeness (QED) is 0.621. The lowest BCUT2D eigenvalue weighted by Crippen LogP contribution is -2.42. The van der Waals surface area contributed by atoms with Crippen molar-refractivity contribution in [3.8, 4) is 0 Å². The van der Waals surface area contributed by atoms with Gasteiger partial charge in [0.2, 0.25) is 0 Å². The van der Waals surface area contributed by atoms with Gasteiger partial charge in [-0.15, -0.1) is 0 Å². The summed E-state index contributed by atoms with van der Waals surface area (Å²) >= 11 is 0. The van der Waals surface area contributed by atoms with Gasteiger partial charge >= 0.3 is 0 Å². The molecule has 1 atom stereocenters. The van der Waals surface area contributed by atoms with Gasteiger partial charge < -0.3 is 15.3 Å². The molecule has 0 heterocycles. The normalized spacial score (nSPS) is 14.2. The monoisotopic (exact) mass is 278 g/mol. The van der Waals surface area contributed by atoms with Crippen LogP contribution in [0.2, 0.25) is 0 Å². The molecule has 0 saturated heterocycles. The van der Waals surface area contributed by atoms with E-state index in [4.69, 9.17) is 4.84 Å². The van der Waals surface area contributed by atoms with Gasteiger partial charge in [-0.2, -0.15) is 0 Å². The van der Waals surface area contributed by atoms with Gasteiger partial charge in [0.1, 0.15) is 12.7 Å². The minimum absolute atomic E-state index is 0.0126. The summed E-state index contributed by atoms with van der Waals surface area (Å²) in [5.41, 5.74) is 3.03. The van der Waals surface area contributed by atoms with E-state index in [-0.39, 0.29) is 12.1 Å². The number of rotatable bonds is 6. The zero-order valence-corrected chi connectivity index (χ0v) is 13.1. The Morgan fingerprint density at radius 1 is 1.35 bits per heavy atom. The SMILES string of the molecule is C/C(=N\OCC(O)CNC(C)(C)C)c1ccccc1C. The average molecular weight is 278 g/mol. The van der Waals surface area contributed by atoms with Gasteiger partial charge in [-0.1, -0.05) is 29.4 Å².